The lowest BCUT2D eigenvalue weighted by Gasteiger charge is -2.06. The van der Waals surface area contributed by atoms with Crippen LogP contribution in [0.2, 0.25) is 0 Å². The van der Waals surface area contributed by atoms with Gasteiger partial charge in [-0.2, -0.15) is 0 Å². The fourth-order valence-corrected chi connectivity index (χ4v) is 3.25. The first-order valence-corrected chi connectivity index (χ1v) is 6.83. The lowest BCUT2D eigenvalue weighted by Crippen LogP contribution is -1.99. The Kier molecular flexibility index (Phi) is 2.52. The minimum Gasteiger partial charge on any atom is -0.476 e. The number of hydrogen-bond donors (Lipinski definition) is 1. The first kappa shape index (κ1) is 11.5. The Balaban J connectivity index is 2.05. The first-order valence-electron chi connectivity index (χ1n) is 5.95. The van der Waals surface area contributed by atoms with E-state index in [1.807, 2.05) is 0 Å². The molecule has 1 fully saturated rings. The molecule has 0 radical (unpaired) electrons. The molecule has 2 aromatic heterocycles. The number of hydrogen-bond acceptors (Lipinski definition) is 3. The van der Waals surface area contributed by atoms with Gasteiger partial charge in [-0.25, -0.2) is 9.78 Å². The molecule has 1 N–H and O–H groups in total. The largest absolute Gasteiger partial charge is 0.476 e. The Morgan fingerprint density at radius 2 is 2.22 bits per heavy atom. The molecule has 0 aromatic carbocycles. The monoisotopic (exact) mass is 262 g/mol. The standard InChI is InChI=1S/C13H14N2O2S/c1-7-5-10(8(2)15(7)9-3-4-9)12-14-11(6-18-12)13(16)17/h5-6,9H,3-4H2,1-2H3,(H,16,17). The second kappa shape index (κ2) is 3.95. The summed E-state index contributed by atoms with van der Waals surface area (Å²) in [6.07, 6.45) is 2.49. The van der Waals surface area contributed by atoms with E-state index in [-0.39, 0.29) is 5.69 Å². The van der Waals surface area contributed by atoms with Crippen LogP contribution in [0.3, 0.4) is 0 Å². The number of carbonyl (C=O) groups is 1. The van der Waals surface area contributed by atoms with Crippen LogP contribution >= 0.6 is 11.3 Å². The predicted molar refractivity (Wildman–Crippen MR) is 70.2 cm³/mol. The van der Waals surface area contributed by atoms with Crippen molar-refractivity contribution in [1.82, 2.24) is 9.55 Å². The molecule has 0 unspecified atom stereocenters. The maximum absolute atomic E-state index is 10.9. The van der Waals surface area contributed by atoms with E-state index in [2.05, 4.69) is 29.5 Å². The molecule has 5 heteroatoms. The second-order valence-electron chi connectivity index (χ2n) is 4.73. The molecule has 0 amide bonds. The van der Waals surface area contributed by atoms with Gasteiger partial charge >= 0.3 is 5.97 Å². The van der Waals surface area contributed by atoms with Crippen LogP contribution in [0.1, 0.15) is 40.8 Å². The summed E-state index contributed by atoms with van der Waals surface area (Å²) < 4.78 is 2.34. The molecule has 0 bridgehead atoms. The van der Waals surface area contributed by atoms with E-state index >= 15 is 0 Å². The van der Waals surface area contributed by atoms with Gasteiger partial charge in [0, 0.05) is 28.4 Å². The molecule has 0 atom stereocenters. The Bertz CT molecular complexity index is 623. The summed E-state index contributed by atoms with van der Waals surface area (Å²) in [6, 6.07) is 2.75. The van der Waals surface area contributed by atoms with Gasteiger partial charge in [0.15, 0.2) is 5.69 Å². The van der Waals surface area contributed by atoms with Gasteiger partial charge in [-0.15, -0.1) is 11.3 Å². The topological polar surface area (TPSA) is 55.1 Å². The molecule has 2 heterocycles. The highest BCUT2D eigenvalue weighted by molar-refractivity contribution is 7.13. The summed E-state index contributed by atoms with van der Waals surface area (Å²) >= 11 is 1.39. The normalized spacial score (nSPS) is 15.0. The molecule has 2 aromatic rings. The van der Waals surface area contributed by atoms with Gasteiger partial charge in [-0.1, -0.05) is 0 Å². The molecular weight excluding hydrogens is 248 g/mol. The Morgan fingerprint density at radius 3 is 2.78 bits per heavy atom. The summed E-state index contributed by atoms with van der Waals surface area (Å²) in [5.74, 6) is -0.964. The molecule has 0 saturated heterocycles. The van der Waals surface area contributed by atoms with Crippen LogP contribution in [-0.4, -0.2) is 20.6 Å². The van der Waals surface area contributed by atoms with Gasteiger partial charge in [0.2, 0.25) is 0 Å². The van der Waals surface area contributed by atoms with Crippen molar-refractivity contribution in [2.75, 3.05) is 0 Å². The molecule has 1 aliphatic rings. The zero-order valence-electron chi connectivity index (χ0n) is 10.3. The number of aromatic carboxylic acids is 1. The van der Waals surface area contributed by atoms with Crippen molar-refractivity contribution in [2.24, 2.45) is 0 Å². The summed E-state index contributed by atoms with van der Waals surface area (Å²) in [5, 5.41) is 11.3. The van der Waals surface area contributed by atoms with Crippen molar-refractivity contribution in [3.8, 4) is 10.6 Å². The fourth-order valence-electron chi connectivity index (χ4n) is 2.38. The van der Waals surface area contributed by atoms with Crippen molar-refractivity contribution in [1.29, 1.82) is 0 Å². The molecule has 1 aliphatic carbocycles. The highest BCUT2D eigenvalue weighted by Crippen LogP contribution is 2.40. The van der Waals surface area contributed by atoms with E-state index in [1.165, 1.54) is 35.6 Å². The average molecular weight is 262 g/mol. The Morgan fingerprint density at radius 1 is 1.50 bits per heavy atom. The highest BCUT2D eigenvalue weighted by atomic mass is 32.1. The van der Waals surface area contributed by atoms with Crippen molar-refractivity contribution < 1.29 is 9.90 Å². The van der Waals surface area contributed by atoms with Gasteiger partial charge in [0.1, 0.15) is 5.01 Å². The van der Waals surface area contributed by atoms with Crippen LogP contribution in [0.4, 0.5) is 0 Å². The van der Waals surface area contributed by atoms with E-state index in [0.29, 0.717) is 6.04 Å². The van der Waals surface area contributed by atoms with Crippen molar-refractivity contribution in [3.63, 3.8) is 0 Å². The molecular formula is C13H14N2O2S. The average Bonchev–Trinajstić information content (AvgIpc) is 2.92. The number of carboxylic acids is 1. The van der Waals surface area contributed by atoms with Gasteiger partial charge < -0.3 is 9.67 Å². The molecule has 18 heavy (non-hydrogen) atoms. The number of rotatable bonds is 3. The van der Waals surface area contributed by atoms with E-state index < -0.39 is 5.97 Å². The van der Waals surface area contributed by atoms with Crippen LogP contribution in [0.25, 0.3) is 10.6 Å². The Hall–Kier alpha value is -1.62. The van der Waals surface area contributed by atoms with Crippen molar-refractivity contribution in [2.45, 2.75) is 32.7 Å². The van der Waals surface area contributed by atoms with Crippen LogP contribution in [0.15, 0.2) is 11.4 Å². The number of aryl methyl sites for hydroxylation is 1. The molecule has 94 valence electrons. The Labute approximate surface area is 109 Å². The van der Waals surface area contributed by atoms with Crippen molar-refractivity contribution >= 4 is 17.3 Å². The fraction of sp³-hybridized carbons (Fsp3) is 0.385. The van der Waals surface area contributed by atoms with Crippen molar-refractivity contribution in [3.05, 3.63) is 28.5 Å². The SMILES string of the molecule is Cc1cc(-c2nc(C(=O)O)cs2)c(C)n1C1CC1. The van der Waals surface area contributed by atoms with Crippen LogP contribution in [-0.2, 0) is 0 Å². The molecule has 0 spiro atoms. The third-order valence-electron chi connectivity index (χ3n) is 3.35. The predicted octanol–water partition coefficient (Wildman–Crippen LogP) is 3.26. The zero-order chi connectivity index (χ0) is 12.9. The maximum Gasteiger partial charge on any atom is 0.355 e. The quantitative estimate of drug-likeness (QED) is 0.923. The van der Waals surface area contributed by atoms with Crippen LogP contribution in [0, 0.1) is 13.8 Å². The highest BCUT2D eigenvalue weighted by Gasteiger charge is 2.27. The minimum absolute atomic E-state index is 0.131. The van der Waals surface area contributed by atoms with Gasteiger partial charge in [-0.05, 0) is 32.8 Å². The lowest BCUT2D eigenvalue weighted by molar-refractivity contribution is 0.0691. The van der Waals surface area contributed by atoms with Crippen LogP contribution in [0.5, 0.6) is 0 Å². The smallest absolute Gasteiger partial charge is 0.355 e. The summed E-state index contributed by atoms with van der Waals surface area (Å²) in [4.78, 5) is 15.0. The van der Waals surface area contributed by atoms with E-state index in [4.69, 9.17) is 5.11 Å². The number of carboxylic acid groups (broad SMARTS) is 1. The summed E-state index contributed by atoms with van der Waals surface area (Å²) in [7, 11) is 0. The molecule has 1 saturated carbocycles. The summed E-state index contributed by atoms with van der Waals surface area (Å²) in [6.45, 7) is 4.18. The molecule has 3 rings (SSSR count). The maximum atomic E-state index is 10.9. The number of nitrogens with zero attached hydrogens (tertiary/aromatic N) is 2. The first-order chi connectivity index (χ1) is 8.58. The lowest BCUT2D eigenvalue weighted by atomic mass is 10.2. The van der Waals surface area contributed by atoms with Gasteiger partial charge in [-0.3, -0.25) is 0 Å². The van der Waals surface area contributed by atoms with E-state index in [0.717, 1.165) is 10.6 Å². The minimum atomic E-state index is -0.964. The third-order valence-corrected chi connectivity index (χ3v) is 4.23. The number of aromatic nitrogens is 2. The van der Waals surface area contributed by atoms with E-state index in [1.54, 1.807) is 5.38 Å². The van der Waals surface area contributed by atoms with Gasteiger partial charge in [0.25, 0.3) is 0 Å². The summed E-state index contributed by atoms with van der Waals surface area (Å²) in [5.41, 5.74) is 3.63. The molecule has 0 aliphatic heterocycles. The molecule has 4 nitrogen and oxygen atoms in total. The number of thiazole rings is 1. The van der Waals surface area contributed by atoms with Crippen LogP contribution < -0.4 is 0 Å². The van der Waals surface area contributed by atoms with Gasteiger partial charge in [0.05, 0.1) is 0 Å². The second-order valence-corrected chi connectivity index (χ2v) is 5.59. The third kappa shape index (κ3) is 1.75. The zero-order valence-corrected chi connectivity index (χ0v) is 11.1. The van der Waals surface area contributed by atoms with E-state index in [9.17, 15) is 4.79 Å².